The number of morpholine rings is 1. The molecule has 18 heavy (non-hydrogen) atoms. The van der Waals surface area contributed by atoms with Crippen LogP contribution in [0.15, 0.2) is 30.3 Å². The maximum atomic E-state index is 9.24. The Bertz CT molecular complexity index is 612. The molecule has 90 valence electrons. The van der Waals surface area contributed by atoms with Crippen LogP contribution in [0.25, 0.3) is 10.9 Å². The molecule has 0 N–H and O–H groups in total. The van der Waals surface area contributed by atoms with Crippen molar-refractivity contribution < 1.29 is 4.74 Å². The molecule has 0 radical (unpaired) electrons. The molecule has 0 atom stereocenters. The van der Waals surface area contributed by atoms with Gasteiger partial charge < -0.3 is 9.64 Å². The van der Waals surface area contributed by atoms with Crippen molar-refractivity contribution in [2.75, 3.05) is 31.2 Å². The number of para-hydroxylation sites is 1. The largest absolute Gasteiger partial charge is 0.378 e. The summed E-state index contributed by atoms with van der Waals surface area (Å²) in [7, 11) is 0. The molecule has 1 aromatic heterocycles. The Balaban J connectivity index is 2.11. The lowest BCUT2D eigenvalue weighted by atomic mass is 10.1. The van der Waals surface area contributed by atoms with Gasteiger partial charge in [-0.1, -0.05) is 18.2 Å². The van der Waals surface area contributed by atoms with Crippen molar-refractivity contribution >= 4 is 16.6 Å². The molecule has 1 fully saturated rings. The Morgan fingerprint density at radius 2 is 2.00 bits per heavy atom. The number of ether oxygens (including phenoxy) is 1. The van der Waals surface area contributed by atoms with Crippen LogP contribution in [0.1, 0.15) is 5.69 Å². The van der Waals surface area contributed by atoms with Gasteiger partial charge in [0.1, 0.15) is 6.07 Å². The standard InChI is InChI=1S/C14H13N3O/c15-10-13-14(17-5-7-18-8-6-17)9-11-3-1-2-4-12(11)16-13/h1-4,9H,5-8H2. The molecule has 0 saturated carbocycles. The lowest BCUT2D eigenvalue weighted by molar-refractivity contribution is 0.122. The fraction of sp³-hybridized carbons (Fsp3) is 0.286. The van der Waals surface area contributed by atoms with Crippen LogP contribution in [-0.2, 0) is 4.74 Å². The summed E-state index contributed by atoms with van der Waals surface area (Å²) in [6, 6.07) is 12.1. The summed E-state index contributed by atoms with van der Waals surface area (Å²) in [6.07, 6.45) is 0. The number of nitriles is 1. The van der Waals surface area contributed by atoms with Crippen LogP contribution in [0.3, 0.4) is 0 Å². The van der Waals surface area contributed by atoms with E-state index in [1.54, 1.807) is 0 Å². The molecule has 1 aliphatic heterocycles. The van der Waals surface area contributed by atoms with Gasteiger partial charge in [-0.05, 0) is 12.1 Å². The zero-order valence-electron chi connectivity index (χ0n) is 9.97. The minimum Gasteiger partial charge on any atom is -0.378 e. The van der Waals surface area contributed by atoms with E-state index in [0.29, 0.717) is 18.9 Å². The summed E-state index contributed by atoms with van der Waals surface area (Å²) >= 11 is 0. The van der Waals surface area contributed by atoms with E-state index in [1.807, 2.05) is 30.3 Å². The van der Waals surface area contributed by atoms with Crippen LogP contribution in [0.4, 0.5) is 5.69 Å². The van der Waals surface area contributed by atoms with Crippen molar-refractivity contribution in [2.45, 2.75) is 0 Å². The molecule has 1 aliphatic rings. The normalized spacial score (nSPS) is 15.6. The van der Waals surface area contributed by atoms with E-state index in [2.05, 4.69) is 16.0 Å². The zero-order chi connectivity index (χ0) is 12.4. The Kier molecular flexibility index (Phi) is 2.83. The number of benzene rings is 1. The molecule has 4 nitrogen and oxygen atoms in total. The third-order valence-electron chi connectivity index (χ3n) is 3.16. The molecule has 2 heterocycles. The molecule has 3 rings (SSSR count). The van der Waals surface area contributed by atoms with Crippen molar-refractivity contribution in [1.29, 1.82) is 5.26 Å². The minimum atomic E-state index is 0.496. The van der Waals surface area contributed by atoms with Gasteiger partial charge >= 0.3 is 0 Å². The number of fused-ring (bicyclic) bond motifs is 1. The molecule has 0 unspecified atom stereocenters. The molecule has 4 heteroatoms. The number of anilines is 1. The minimum absolute atomic E-state index is 0.496. The van der Waals surface area contributed by atoms with Crippen LogP contribution >= 0.6 is 0 Å². The van der Waals surface area contributed by atoms with Crippen molar-refractivity contribution in [3.63, 3.8) is 0 Å². The second-order valence-electron chi connectivity index (χ2n) is 4.26. The Hall–Kier alpha value is -2.12. The average Bonchev–Trinajstić information content (AvgIpc) is 2.46. The number of hydrogen-bond acceptors (Lipinski definition) is 4. The first-order valence-corrected chi connectivity index (χ1v) is 6.01. The highest BCUT2D eigenvalue weighted by Gasteiger charge is 2.16. The lowest BCUT2D eigenvalue weighted by Crippen LogP contribution is -2.36. The molecule has 0 aliphatic carbocycles. The number of hydrogen-bond donors (Lipinski definition) is 0. The maximum absolute atomic E-state index is 9.24. The smallest absolute Gasteiger partial charge is 0.164 e. The monoisotopic (exact) mass is 239 g/mol. The van der Waals surface area contributed by atoms with Crippen LogP contribution in [-0.4, -0.2) is 31.3 Å². The summed E-state index contributed by atoms with van der Waals surface area (Å²) in [5.41, 5.74) is 2.28. The highest BCUT2D eigenvalue weighted by Crippen LogP contribution is 2.24. The van der Waals surface area contributed by atoms with E-state index in [-0.39, 0.29) is 0 Å². The molecule has 0 amide bonds. The Morgan fingerprint density at radius 3 is 2.78 bits per heavy atom. The second-order valence-corrected chi connectivity index (χ2v) is 4.26. The van der Waals surface area contributed by atoms with Crippen LogP contribution in [0.5, 0.6) is 0 Å². The van der Waals surface area contributed by atoms with Gasteiger partial charge in [0.15, 0.2) is 5.69 Å². The second kappa shape index (κ2) is 4.63. The average molecular weight is 239 g/mol. The van der Waals surface area contributed by atoms with E-state index in [1.165, 1.54) is 0 Å². The first-order valence-electron chi connectivity index (χ1n) is 6.01. The van der Waals surface area contributed by atoms with E-state index in [9.17, 15) is 5.26 Å². The van der Waals surface area contributed by atoms with Crippen LogP contribution in [0, 0.1) is 11.3 Å². The number of rotatable bonds is 1. The fourth-order valence-corrected chi connectivity index (χ4v) is 2.23. The molecule has 0 spiro atoms. The van der Waals surface area contributed by atoms with Crippen molar-refractivity contribution in [2.24, 2.45) is 0 Å². The number of pyridine rings is 1. The van der Waals surface area contributed by atoms with Gasteiger partial charge in [-0.25, -0.2) is 4.98 Å². The van der Waals surface area contributed by atoms with Gasteiger partial charge in [0.2, 0.25) is 0 Å². The van der Waals surface area contributed by atoms with Gasteiger partial charge in [-0.15, -0.1) is 0 Å². The van der Waals surface area contributed by atoms with Crippen LogP contribution < -0.4 is 4.90 Å². The summed E-state index contributed by atoms with van der Waals surface area (Å²) in [5, 5.41) is 10.3. The third kappa shape index (κ3) is 1.89. The maximum Gasteiger partial charge on any atom is 0.164 e. The number of nitrogens with zero attached hydrogens (tertiary/aromatic N) is 3. The van der Waals surface area contributed by atoms with E-state index < -0.39 is 0 Å². The quantitative estimate of drug-likeness (QED) is 0.763. The molecular formula is C14H13N3O. The van der Waals surface area contributed by atoms with Gasteiger partial charge in [0, 0.05) is 18.5 Å². The first-order chi connectivity index (χ1) is 8.88. The lowest BCUT2D eigenvalue weighted by Gasteiger charge is -2.29. The predicted octanol–water partition coefficient (Wildman–Crippen LogP) is 1.94. The van der Waals surface area contributed by atoms with E-state index in [4.69, 9.17) is 4.74 Å². The van der Waals surface area contributed by atoms with Crippen molar-refractivity contribution in [3.05, 3.63) is 36.0 Å². The zero-order valence-corrected chi connectivity index (χ0v) is 9.97. The highest BCUT2D eigenvalue weighted by molar-refractivity contribution is 5.83. The fourth-order valence-electron chi connectivity index (χ4n) is 2.23. The predicted molar refractivity (Wildman–Crippen MR) is 69.5 cm³/mol. The van der Waals surface area contributed by atoms with Crippen molar-refractivity contribution in [1.82, 2.24) is 4.98 Å². The number of aromatic nitrogens is 1. The Labute approximate surface area is 105 Å². The topological polar surface area (TPSA) is 49.2 Å². The van der Waals surface area contributed by atoms with Gasteiger partial charge in [0.25, 0.3) is 0 Å². The molecule has 0 bridgehead atoms. The summed E-state index contributed by atoms with van der Waals surface area (Å²) in [5.74, 6) is 0. The van der Waals surface area contributed by atoms with E-state index >= 15 is 0 Å². The van der Waals surface area contributed by atoms with Crippen molar-refractivity contribution in [3.8, 4) is 6.07 Å². The summed E-state index contributed by atoms with van der Waals surface area (Å²) in [4.78, 5) is 6.59. The summed E-state index contributed by atoms with van der Waals surface area (Å²) in [6.45, 7) is 3.04. The van der Waals surface area contributed by atoms with Gasteiger partial charge in [-0.2, -0.15) is 5.26 Å². The molecule has 2 aromatic rings. The van der Waals surface area contributed by atoms with Gasteiger partial charge in [-0.3, -0.25) is 0 Å². The third-order valence-corrected chi connectivity index (χ3v) is 3.16. The SMILES string of the molecule is N#Cc1nc2ccccc2cc1N1CCOCC1. The first kappa shape index (κ1) is 11.0. The Morgan fingerprint density at radius 1 is 1.22 bits per heavy atom. The summed E-state index contributed by atoms with van der Waals surface area (Å²) < 4.78 is 5.34. The molecule has 1 saturated heterocycles. The highest BCUT2D eigenvalue weighted by atomic mass is 16.5. The van der Waals surface area contributed by atoms with Gasteiger partial charge in [0.05, 0.1) is 24.4 Å². The van der Waals surface area contributed by atoms with E-state index in [0.717, 1.165) is 29.7 Å². The van der Waals surface area contributed by atoms with Crippen LogP contribution in [0.2, 0.25) is 0 Å². The molecular weight excluding hydrogens is 226 g/mol. The molecule has 1 aromatic carbocycles.